The molecule has 3 heteroatoms. The molecule has 0 heterocycles. The van der Waals surface area contributed by atoms with Crippen LogP contribution in [0.2, 0.25) is 0 Å². The monoisotopic (exact) mass is 223 g/mol. The second kappa shape index (κ2) is 5.97. The standard InChI is InChI=1S/C13H18FNO/c14-13-4-2-1-3-12(13)9-15-7-8-16-10-11-5-6-11/h1-4,11,15H,5-10H2. The summed E-state index contributed by atoms with van der Waals surface area (Å²) in [5.74, 6) is 0.667. The van der Waals surface area contributed by atoms with Crippen LogP contribution < -0.4 is 5.32 Å². The van der Waals surface area contributed by atoms with Crippen molar-refractivity contribution in [2.75, 3.05) is 19.8 Å². The Morgan fingerprint density at radius 2 is 2.12 bits per heavy atom. The van der Waals surface area contributed by atoms with E-state index in [4.69, 9.17) is 4.74 Å². The first kappa shape index (κ1) is 11.6. The van der Waals surface area contributed by atoms with Crippen molar-refractivity contribution in [2.24, 2.45) is 5.92 Å². The summed E-state index contributed by atoms with van der Waals surface area (Å²) in [6.07, 6.45) is 2.64. The molecule has 1 N–H and O–H groups in total. The smallest absolute Gasteiger partial charge is 0.127 e. The van der Waals surface area contributed by atoms with Gasteiger partial charge in [0.25, 0.3) is 0 Å². The highest BCUT2D eigenvalue weighted by atomic mass is 19.1. The van der Waals surface area contributed by atoms with Gasteiger partial charge in [-0.3, -0.25) is 0 Å². The van der Waals surface area contributed by atoms with Crippen molar-refractivity contribution in [1.82, 2.24) is 5.32 Å². The van der Waals surface area contributed by atoms with Crippen LogP contribution in [0.3, 0.4) is 0 Å². The third-order valence-electron chi connectivity index (χ3n) is 2.75. The van der Waals surface area contributed by atoms with Gasteiger partial charge in [0.15, 0.2) is 0 Å². The molecule has 1 aliphatic carbocycles. The van der Waals surface area contributed by atoms with Crippen LogP contribution in [0.15, 0.2) is 24.3 Å². The van der Waals surface area contributed by atoms with Gasteiger partial charge in [-0.2, -0.15) is 0 Å². The SMILES string of the molecule is Fc1ccccc1CNCCOCC1CC1. The van der Waals surface area contributed by atoms with E-state index in [2.05, 4.69) is 5.32 Å². The first-order chi connectivity index (χ1) is 7.86. The van der Waals surface area contributed by atoms with Gasteiger partial charge in [0.2, 0.25) is 0 Å². The Hall–Kier alpha value is -0.930. The fraction of sp³-hybridized carbons (Fsp3) is 0.538. The first-order valence-electron chi connectivity index (χ1n) is 5.88. The number of hydrogen-bond donors (Lipinski definition) is 1. The van der Waals surface area contributed by atoms with E-state index in [0.29, 0.717) is 18.7 Å². The van der Waals surface area contributed by atoms with Gasteiger partial charge < -0.3 is 10.1 Å². The highest BCUT2D eigenvalue weighted by molar-refractivity contribution is 5.16. The van der Waals surface area contributed by atoms with Gasteiger partial charge in [0.1, 0.15) is 5.82 Å². The van der Waals surface area contributed by atoms with Gasteiger partial charge in [-0.1, -0.05) is 18.2 Å². The fourth-order valence-corrected chi connectivity index (χ4v) is 1.54. The lowest BCUT2D eigenvalue weighted by molar-refractivity contribution is 0.126. The van der Waals surface area contributed by atoms with E-state index in [1.165, 1.54) is 18.9 Å². The number of halogens is 1. The summed E-state index contributed by atoms with van der Waals surface area (Å²) in [7, 11) is 0. The van der Waals surface area contributed by atoms with E-state index in [-0.39, 0.29) is 5.82 Å². The molecular weight excluding hydrogens is 205 g/mol. The Morgan fingerprint density at radius 3 is 2.88 bits per heavy atom. The molecule has 0 saturated heterocycles. The molecule has 0 unspecified atom stereocenters. The Kier molecular flexibility index (Phi) is 4.31. The van der Waals surface area contributed by atoms with Crippen molar-refractivity contribution in [3.05, 3.63) is 35.6 Å². The van der Waals surface area contributed by atoms with Crippen molar-refractivity contribution in [3.8, 4) is 0 Å². The summed E-state index contributed by atoms with van der Waals surface area (Å²) >= 11 is 0. The maximum atomic E-state index is 13.2. The lowest BCUT2D eigenvalue weighted by Crippen LogP contribution is -2.20. The molecule has 2 nitrogen and oxygen atoms in total. The average Bonchev–Trinajstić information content (AvgIpc) is 3.09. The Balaban J connectivity index is 1.55. The zero-order chi connectivity index (χ0) is 11.2. The Morgan fingerprint density at radius 1 is 1.31 bits per heavy atom. The van der Waals surface area contributed by atoms with Crippen LogP contribution in [0.25, 0.3) is 0 Å². The molecular formula is C13H18FNO. The second-order valence-corrected chi connectivity index (χ2v) is 4.29. The zero-order valence-corrected chi connectivity index (χ0v) is 9.42. The molecule has 16 heavy (non-hydrogen) atoms. The first-order valence-corrected chi connectivity index (χ1v) is 5.88. The number of benzene rings is 1. The van der Waals surface area contributed by atoms with Crippen LogP contribution in [-0.2, 0) is 11.3 Å². The minimum atomic E-state index is -0.145. The van der Waals surface area contributed by atoms with Crippen LogP contribution in [0.4, 0.5) is 4.39 Å². The zero-order valence-electron chi connectivity index (χ0n) is 9.42. The lowest BCUT2D eigenvalue weighted by Gasteiger charge is -2.06. The van der Waals surface area contributed by atoms with Crippen LogP contribution >= 0.6 is 0 Å². The maximum Gasteiger partial charge on any atom is 0.127 e. The van der Waals surface area contributed by atoms with Gasteiger partial charge in [0, 0.05) is 25.3 Å². The molecule has 0 atom stereocenters. The minimum Gasteiger partial charge on any atom is -0.380 e. The van der Waals surface area contributed by atoms with Crippen LogP contribution in [0, 0.1) is 11.7 Å². The highest BCUT2D eigenvalue weighted by Gasteiger charge is 2.20. The molecule has 0 radical (unpaired) electrons. The number of nitrogens with one attached hydrogen (secondary N) is 1. The summed E-state index contributed by atoms with van der Waals surface area (Å²) in [4.78, 5) is 0. The van der Waals surface area contributed by atoms with E-state index in [1.54, 1.807) is 12.1 Å². The van der Waals surface area contributed by atoms with E-state index >= 15 is 0 Å². The molecule has 0 aromatic heterocycles. The normalized spacial score (nSPS) is 15.3. The largest absolute Gasteiger partial charge is 0.380 e. The molecule has 1 saturated carbocycles. The van der Waals surface area contributed by atoms with E-state index in [0.717, 1.165) is 19.1 Å². The summed E-state index contributed by atoms with van der Waals surface area (Å²) < 4.78 is 18.7. The summed E-state index contributed by atoms with van der Waals surface area (Å²) in [5, 5.41) is 3.17. The molecule has 1 fully saturated rings. The van der Waals surface area contributed by atoms with Crippen molar-refractivity contribution < 1.29 is 9.13 Å². The number of rotatable bonds is 7. The maximum absolute atomic E-state index is 13.2. The number of hydrogen-bond acceptors (Lipinski definition) is 2. The van der Waals surface area contributed by atoms with Crippen molar-refractivity contribution in [3.63, 3.8) is 0 Å². The minimum absolute atomic E-state index is 0.145. The van der Waals surface area contributed by atoms with E-state index in [1.807, 2.05) is 6.07 Å². The summed E-state index contributed by atoms with van der Waals surface area (Å²) in [6, 6.07) is 6.84. The quantitative estimate of drug-likeness (QED) is 0.716. The molecule has 1 aromatic rings. The van der Waals surface area contributed by atoms with E-state index in [9.17, 15) is 4.39 Å². The van der Waals surface area contributed by atoms with Crippen molar-refractivity contribution >= 4 is 0 Å². The molecule has 0 bridgehead atoms. The van der Waals surface area contributed by atoms with Crippen molar-refractivity contribution in [2.45, 2.75) is 19.4 Å². The van der Waals surface area contributed by atoms with Gasteiger partial charge >= 0.3 is 0 Å². The molecule has 88 valence electrons. The molecule has 2 rings (SSSR count). The Bertz CT molecular complexity index is 325. The number of ether oxygens (including phenoxy) is 1. The molecule has 1 aromatic carbocycles. The van der Waals surface area contributed by atoms with Crippen molar-refractivity contribution in [1.29, 1.82) is 0 Å². The van der Waals surface area contributed by atoms with Gasteiger partial charge in [-0.15, -0.1) is 0 Å². The molecule has 0 spiro atoms. The highest BCUT2D eigenvalue weighted by Crippen LogP contribution is 2.28. The molecule has 1 aliphatic rings. The van der Waals surface area contributed by atoms with Gasteiger partial charge in [-0.05, 0) is 24.8 Å². The van der Waals surface area contributed by atoms with Crippen LogP contribution in [0.1, 0.15) is 18.4 Å². The van der Waals surface area contributed by atoms with Crippen LogP contribution in [0.5, 0.6) is 0 Å². The topological polar surface area (TPSA) is 21.3 Å². The summed E-state index contributed by atoms with van der Waals surface area (Å²) in [6.45, 7) is 2.95. The molecule has 0 aliphatic heterocycles. The average molecular weight is 223 g/mol. The second-order valence-electron chi connectivity index (χ2n) is 4.29. The van der Waals surface area contributed by atoms with Crippen LogP contribution in [-0.4, -0.2) is 19.8 Å². The van der Waals surface area contributed by atoms with Gasteiger partial charge in [0.05, 0.1) is 6.61 Å². The predicted molar refractivity (Wildman–Crippen MR) is 61.6 cm³/mol. The molecule has 0 amide bonds. The van der Waals surface area contributed by atoms with Gasteiger partial charge in [-0.25, -0.2) is 4.39 Å². The third kappa shape index (κ3) is 3.91. The fourth-order valence-electron chi connectivity index (χ4n) is 1.54. The lowest BCUT2D eigenvalue weighted by atomic mass is 10.2. The summed E-state index contributed by atoms with van der Waals surface area (Å²) in [5.41, 5.74) is 0.713. The van der Waals surface area contributed by atoms with E-state index < -0.39 is 0 Å². The Labute approximate surface area is 95.8 Å². The third-order valence-corrected chi connectivity index (χ3v) is 2.75. The predicted octanol–water partition coefficient (Wildman–Crippen LogP) is 2.34.